The maximum absolute atomic E-state index is 5.94. The van der Waals surface area contributed by atoms with E-state index in [1.807, 2.05) is 43.3 Å². The standard InChI is InChI=1S/C15H15Cl2NO/c1-11(10-18-12-5-3-2-4-6-12)19-13-7-8-14(16)15(17)9-13/h2-9,11,18H,10H2,1H3. The van der Waals surface area contributed by atoms with Crippen LogP contribution >= 0.6 is 23.2 Å². The Balaban J connectivity index is 1.87. The van der Waals surface area contributed by atoms with E-state index < -0.39 is 0 Å². The Hall–Kier alpha value is -1.38. The molecular formula is C15H15Cl2NO. The molecule has 0 bridgehead atoms. The van der Waals surface area contributed by atoms with Gasteiger partial charge in [-0.2, -0.15) is 0 Å². The lowest BCUT2D eigenvalue weighted by molar-refractivity contribution is 0.235. The molecule has 0 saturated carbocycles. The summed E-state index contributed by atoms with van der Waals surface area (Å²) in [4.78, 5) is 0. The third-order valence-corrected chi connectivity index (χ3v) is 3.33. The fraction of sp³-hybridized carbons (Fsp3) is 0.200. The molecule has 0 radical (unpaired) electrons. The van der Waals surface area contributed by atoms with Gasteiger partial charge in [0.2, 0.25) is 0 Å². The number of benzene rings is 2. The summed E-state index contributed by atoms with van der Waals surface area (Å²) in [5.41, 5.74) is 1.08. The normalized spacial score (nSPS) is 11.9. The number of para-hydroxylation sites is 1. The van der Waals surface area contributed by atoms with Gasteiger partial charge in [0.15, 0.2) is 0 Å². The molecule has 0 aliphatic heterocycles. The highest BCUT2D eigenvalue weighted by Gasteiger charge is 2.06. The maximum atomic E-state index is 5.94. The van der Waals surface area contributed by atoms with Crippen LogP contribution in [0.3, 0.4) is 0 Å². The quantitative estimate of drug-likeness (QED) is 0.849. The van der Waals surface area contributed by atoms with Gasteiger partial charge in [0, 0.05) is 11.8 Å². The second-order valence-electron chi connectivity index (χ2n) is 4.25. The number of nitrogens with one attached hydrogen (secondary N) is 1. The molecule has 1 N–H and O–H groups in total. The molecule has 0 heterocycles. The Morgan fingerprint density at radius 1 is 1.05 bits per heavy atom. The van der Waals surface area contributed by atoms with Crippen molar-refractivity contribution in [2.24, 2.45) is 0 Å². The van der Waals surface area contributed by atoms with Crippen LogP contribution in [0.4, 0.5) is 5.69 Å². The maximum Gasteiger partial charge on any atom is 0.121 e. The first-order chi connectivity index (χ1) is 9.15. The predicted molar refractivity (Wildman–Crippen MR) is 81.5 cm³/mol. The van der Waals surface area contributed by atoms with E-state index in [1.54, 1.807) is 12.1 Å². The fourth-order valence-electron chi connectivity index (χ4n) is 1.64. The first-order valence-electron chi connectivity index (χ1n) is 6.06. The van der Waals surface area contributed by atoms with Gasteiger partial charge in [-0.15, -0.1) is 0 Å². The fourth-order valence-corrected chi connectivity index (χ4v) is 1.93. The van der Waals surface area contributed by atoms with Crippen LogP contribution in [-0.2, 0) is 0 Å². The predicted octanol–water partition coefficient (Wildman–Crippen LogP) is 4.87. The minimum Gasteiger partial charge on any atom is -0.489 e. The van der Waals surface area contributed by atoms with Crippen LogP contribution < -0.4 is 10.1 Å². The van der Waals surface area contributed by atoms with E-state index in [9.17, 15) is 0 Å². The van der Waals surface area contributed by atoms with Crippen LogP contribution in [0.25, 0.3) is 0 Å². The van der Waals surface area contributed by atoms with Crippen molar-refractivity contribution >= 4 is 28.9 Å². The van der Waals surface area contributed by atoms with Crippen molar-refractivity contribution in [3.8, 4) is 5.75 Å². The Kier molecular flexibility index (Phi) is 4.94. The summed E-state index contributed by atoms with van der Waals surface area (Å²) in [7, 11) is 0. The molecule has 0 spiro atoms. The zero-order valence-corrected chi connectivity index (χ0v) is 12.1. The van der Waals surface area contributed by atoms with Crippen LogP contribution in [0.15, 0.2) is 48.5 Å². The van der Waals surface area contributed by atoms with Gasteiger partial charge in [-0.25, -0.2) is 0 Å². The summed E-state index contributed by atoms with van der Waals surface area (Å²) in [6.07, 6.45) is 0.0254. The molecule has 0 amide bonds. The van der Waals surface area contributed by atoms with Crippen LogP contribution in [0, 0.1) is 0 Å². The molecule has 0 saturated heterocycles. The second-order valence-corrected chi connectivity index (χ2v) is 5.07. The smallest absolute Gasteiger partial charge is 0.121 e. The van der Waals surface area contributed by atoms with Gasteiger partial charge in [-0.1, -0.05) is 41.4 Å². The Bertz CT molecular complexity index is 531. The third-order valence-electron chi connectivity index (χ3n) is 2.60. The summed E-state index contributed by atoms with van der Waals surface area (Å²) >= 11 is 11.8. The molecule has 0 aliphatic carbocycles. The van der Waals surface area contributed by atoms with Crippen molar-refractivity contribution in [1.82, 2.24) is 0 Å². The van der Waals surface area contributed by atoms with E-state index in [4.69, 9.17) is 27.9 Å². The van der Waals surface area contributed by atoms with Gasteiger partial charge in [-0.05, 0) is 31.2 Å². The second kappa shape index (κ2) is 6.69. The van der Waals surface area contributed by atoms with Gasteiger partial charge >= 0.3 is 0 Å². The van der Waals surface area contributed by atoms with Crippen LogP contribution in [0.1, 0.15) is 6.92 Å². The molecule has 0 aliphatic rings. The lowest BCUT2D eigenvalue weighted by Crippen LogP contribution is -2.22. The van der Waals surface area contributed by atoms with Crippen molar-refractivity contribution in [3.05, 3.63) is 58.6 Å². The highest BCUT2D eigenvalue weighted by atomic mass is 35.5. The highest BCUT2D eigenvalue weighted by molar-refractivity contribution is 6.42. The SMILES string of the molecule is CC(CNc1ccccc1)Oc1ccc(Cl)c(Cl)c1. The van der Waals surface area contributed by atoms with E-state index in [0.717, 1.165) is 11.4 Å². The highest BCUT2D eigenvalue weighted by Crippen LogP contribution is 2.26. The zero-order valence-electron chi connectivity index (χ0n) is 10.6. The van der Waals surface area contributed by atoms with E-state index in [1.165, 1.54) is 0 Å². The Morgan fingerprint density at radius 3 is 2.47 bits per heavy atom. The average molecular weight is 296 g/mol. The van der Waals surface area contributed by atoms with Gasteiger partial charge in [-0.3, -0.25) is 0 Å². The first-order valence-corrected chi connectivity index (χ1v) is 6.81. The molecule has 2 aromatic rings. The van der Waals surface area contributed by atoms with Crippen molar-refractivity contribution in [2.75, 3.05) is 11.9 Å². The van der Waals surface area contributed by atoms with Crippen LogP contribution in [0.2, 0.25) is 10.0 Å². The van der Waals surface area contributed by atoms with Crippen molar-refractivity contribution in [1.29, 1.82) is 0 Å². The van der Waals surface area contributed by atoms with E-state index >= 15 is 0 Å². The minimum absolute atomic E-state index is 0.0254. The molecular weight excluding hydrogens is 281 g/mol. The van der Waals surface area contributed by atoms with Crippen molar-refractivity contribution in [2.45, 2.75) is 13.0 Å². The molecule has 1 unspecified atom stereocenters. The summed E-state index contributed by atoms with van der Waals surface area (Å²) in [5.74, 6) is 0.719. The number of ether oxygens (including phenoxy) is 1. The van der Waals surface area contributed by atoms with E-state index in [0.29, 0.717) is 16.6 Å². The van der Waals surface area contributed by atoms with Crippen molar-refractivity contribution in [3.63, 3.8) is 0 Å². The molecule has 19 heavy (non-hydrogen) atoms. The summed E-state index contributed by atoms with van der Waals surface area (Å²) < 4.78 is 5.77. The summed E-state index contributed by atoms with van der Waals surface area (Å²) in [5, 5.41) is 4.34. The Morgan fingerprint density at radius 2 is 1.79 bits per heavy atom. The molecule has 0 fully saturated rings. The van der Waals surface area contributed by atoms with Crippen molar-refractivity contribution < 1.29 is 4.74 Å². The average Bonchev–Trinajstić information content (AvgIpc) is 2.42. The third kappa shape index (κ3) is 4.34. The number of anilines is 1. The van der Waals surface area contributed by atoms with Gasteiger partial charge < -0.3 is 10.1 Å². The topological polar surface area (TPSA) is 21.3 Å². The molecule has 2 rings (SSSR count). The summed E-state index contributed by atoms with van der Waals surface area (Å²) in [6.45, 7) is 2.71. The lowest BCUT2D eigenvalue weighted by Gasteiger charge is -2.16. The lowest BCUT2D eigenvalue weighted by atomic mass is 10.3. The van der Waals surface area contributed by atoms with Crippen LogP contribution in [0.5, 0.6) is 5.75 Å². The van der Waals surface area contributed by atoms with E-state index in [2.05, 4.69) is 5.32 Å². The van der Waals surface area contributed by atoms with E-state index in [-0.39, 0.29) is 6.10 Å². The van der Waals surface area contributed by atoms with Crippen LogP contribution in [-0.4, -0.2) is 12.6 Å². The monoisotopic (exact) mass is 295 g/mol. The Labute approximate surface area is 123 Å². The number of halogens is 2. The molecule has 2 nitrogen and oxygen atoms in total. The first kappa shape index (κ1) is 14.0. The van der Waals surface area contributed by atoms with Gasteiger partial charge in [0.25, 0.3) is 0 Å². The zero-order chi connectivity index (χ0) is 13.7. The molecule has 4 heteroatoms. The van der Waals surface area contributed by atoms with Gasteiger partial charge in [0.1, 0.15) is 11.9 Å². The largest absolute Gasteiger partial charge is 0.489 e. The molecule has 100 valence electrons. The number of hydrogen-bond acceptors (Lipinski definition) is 2. The number of hydrogen-bond donors (Lipinski definition) is 1. The summed E-state index contributed by atoms with van der Waals surface area (Å²) in [6, 6.07) is 15.3. The molecule has 2 aromatic carbocycles. The van der Waals surface area contributed by atoms with Gasteiger partial charge in [0.05, 0.1) is 16.6 Å². The minimum atomic E-state index is 0.0254. The number of rotatable bonds is 5. The molecule has 0 aromatic heterocycles. The molecule has 1 atom stereocenters.